The highest BCUT2D eigenvalue weighted by atomic mass is 79.9. The van der Waals surface area contributed by atoms with Gasteiger partial charge >= 0.3 is 0 Å². The van der Waals surface area contributed by atoms with Gasteiger partial charge in [-0.25, -0.2) is 0 Å². The summed E-state index contributed by atoms with van der Waals surface area (Å²) in [6.45, 7) is 0.951. The molecule has 4 heteroatoms. The first-order valence-electron chi connectivity index (χ1n) is 6.89. The molecule has 0 bridgehead atoms. The van der Waals surface area contributed by atoms with Crippen LogP contribution in [0.5, 0.6) is 0 Å². The van der Waals surface area contributed by atoms with E-state index in [-0.39, 0.29) is 0 Å². The number of benzene rings is 1. The number of alkyl halides is 1. The maximum atomic E-state index is 4.25. The largest absolute Gasteiger partial charge is 0.252 e. The zero-order valence-electron chi connectivity index (χ0n) is 10.9. The molecule has 100 valence electrons. The van der Waals surface area contributed by atoms with Gasteiger partial charge in [-0.05, 0) is 30.4 Å². The monoisotopic (exact) mass is 319 g/mol. The van der Waals surface area contributed by atoms with Crippen molar-refractivity contribution in [2.24, 2.45) is 0 Å². The second-order valence-corrected chi connectivity index (χ2v) is 5.95. The fourth-order valence-electron chi connectivity index (χ4n) is 2.91. The van der Waals surface area contributed by atoms with Crippen LogP contribution in [0.3, 0.4) is 0 Å². The van der Waals surface area contributed by atoms with Crippen molar-refractivity contribution in [3.05, 3.63) is 47.3 Å². The molecule has 0 spiro atoms. The predicted octanol–water partition coefficient (Wildman–Crippen LogP) is 3.34. The predicted molar refractivity (Wildman–Crippen MR) is 79.6 cm³/mol. The molecule has 0 aliphatic heterocycles. The second-order valence-electron chi connectivity index (χ2n) is 5.16. The summed E-state index contributed by atoms with van der Waals surface area (Å²) in [5, 5.41) is 9.40. The zero-order valence-corrected chi connectivity index (χ0v) is 12.5. The lowest BCUT2D eigenvalue weighted by molar-refractivity contribution is 0.449. The maximum absolute atomic E-state index is 4.25. The lowest BCUT2D eigenvalue weighted by Gasteiger charge is -2.25. The van der Waals surface area contributed by atoms with E-state index in [1.54, 1.807) is 0 Å². The van der Waals surface area contributed by atoms with Gasteiger partial charge in [-0.1, -0.05) is 45.4 Å². The van der Waals surface area contributed by atoms with E-state index in [1.807, 2.05) is 4.68 Å². The van der Waals surface area contributed by atoms with Crippen LogP contribution in [-0.2, 0) is 19.4 Å². The Balaban J connectivity index is 1.76. The SMILES string of the molecule is BrCCc1cn(CC2CCCc3ccccc32)nn1. The summed E-state index contributed by atoms with van der Waals surface area (Å²) in [5.41, 5.74) is 4.09. The average molecular weight is 320 g/mol. The van der Waals surface area contributed by atoms with E-state index in [0.29, 0.717) is 5.92 Å². The van der Waals surface area contributed by atoms with E-state index in [2.05, 4.69) is 56.7 Å². The van der Waals surface area contributed by atoms with Crippen molar-refractivity contribution in [3.8, 4) is 0 Å². The number of fused-ring (bicyclic) bond motifs is 1. The fraction of sp³-hybridized carbons (Fsp3) is 0.467. The van der Waals surface area contributed by atoms with E-state index in [0.717, 1.165) is 24.0 Å². The van der Waals surface area contributed by atoms with Gasteiger partial charge < -0.3 is 0 Å². The Kier molecular flexibility index (Phi) is 3.97. The third-order valence-corrected chi connectivity index (χ3v) is 4.23. The van der Waals surface area contributed by atoms with Crippen molar-refractivity contribution in [2.75, 3.05) is 5.33 Å². The van der Waals surface area contributed by atoms with Gasteiger partial charge in [-0.15, -0.1) is 5.10 Å². The van der Waals surface area contributed by atoms with Crippen molar-refractivity contribution in [2.45, 2.75) is 38.1 Å². The fourth-order valence-corrected chi connectivity index (χ4v) is 3.32. The molecule has 1 aromatic carbocycles. The van der Waals surface area contributed by atoms with Crippen LogP contribution < -0.4 is 0 Å². The highest BCUT2D eigenvalue weighted by Crippen LogP contribution is 2.32. The number of halogens is 1. The minimum atomic E-state index is 0.587. The summed E-state index contributed by atoms with van der Waals surface area (Å²) < 4.78 is 2.00. The first-order chi connectivity index (χ1) is 9.36. The van der Waals surface area contributed by atoms with Gasteiger partial charge in [0.25, 0.3) is 0 Å². The molecule has 1 atom stereocenters. The molecule has 1 aromatic heterocycles. The number of aromatic nitrogens is 3. The number of nitrogens with zero attached hydrogens (tertiary/aromatic N) is 3. The molecule has 19 heavy (non-hydrogen) atoms. The average Bonchev–Trinajstić information content (AvgIpc) is 2.87. The third-order valence-electron chi connectivity index (χ3n) is 3.84. The van der Waals surface area contributed by atoms with Gasteiger partial charge in [0.2, 0.25) is 0 Å². The third kappa shape index (κ3) is 2.89. The molecule has 0 amide bonds. The molecule has 1 aliphatic rings. The Labute approximate surface area is 122 Å². The van der Waals surface area contributed by atoms with Crippen molar-refractivity contribution in [1.82, 2.24) is 15.0 Å². The summed E-state index contributed by atoms with van der Waals surface area (Å²) in [7, 11) is 0. The molecule has 0 N–H and O–H groups in total. The van der Waals surface area contributed by atoms with E-state index < -0.39 is 0 Å². The minimum Gasteiger partial charge on any atom is -0.252 e. The van der Waals surface area contributed by atoms with Crippen molar-refractivity contribution < 1.29 is 0 Å². The van der Waals surface area contributed by atoms with E-state index >= 15 is 0 Å². The molecule has 0 fully saturated rings. The summed E-state index contributed by atoms with van der Waals surface area (Å²) in [4.78, 5) is 0. The highest BCUT2D eigenvalue weighted by molar-refractivity contribution is 9.09. The van der Waals surface area contributed by atoms with Gasteiger partial charge in [-0.2, -0.15) is 0 Å². The molecule has 1 aliphatic carbocycles. The Hall–Kier alpha value is -1.16. The second kappa shape index (κ2) is 5.87. The van der Waals surface area contributed by atoms with Crippen LogP contribution in [0.4, 0.5) is 0 Å². The molecule has 3 rings (SSSR count). The van der Waals surface area contributed by atoms with E-state index in [9.17, 15) is 0 Å². The number of hydrogen-bond acceptors (Lipinski definition) is 2. The molecule has 1 unspecified atom stereocenters. The summed E-state index contributed by atoms with van der Waals surface area (Å²) in [6.07, 6.45) is 6.79. The number of hydrogen-bond donors (Lipinski definition) is 0. The number of aryl methyl sites for hydroxylation is 2. The molecule has 0 saturated carbocycles. The molecule has 0 saturated heterocycles. The maximum Gasteiger partial charge on any atom is 0.0835 e. The van der Waals surface area contributed by atoms with Crippen LogP contribution in [0.15, 0.2) is 30.5 Å². The minimum absolute atomic E-state index is 0.587. The topological polar surface area (TPSA) is 30.7 Å². The first kappa shape index (κ1) is 12.9. The summed E-state index contributed by atoms with van der Waals surface area (Å²) >= 11 is 3.44. The summed E-state index contributed by atoms with van der Waals surface area (Å²) in [5.74, 6) is 0.587. The zero-order chi connectivity index (χ0) is 13.1. The molecule has 1 heterocycles. The lowest BCUT2D eigenvalue weighted by atomic mass is 9.83. The Morgan fingerprint density at radius 2 is 2.21 bits per heavy atom. The molecular formula is C15H18BrN3. The molecular weight excluding hydrogens is 302 g/mol. The lowest BCUT2D eigenvalue weighted by Crippen LogP contribution is -2.15. The smallest absolute Gasteiger partial charge is 0.0835 e. The van der Waals surface area contributed by atoms with Crippen LogP contribution in [0.1, 0.15) is 35.6 Å². The van der Waals surface area contributed by atoms with Gasteiger partial charge in [0.15, 0.2) is 0 Å². The highest BCUT2D eigenvalue weighted by Gasteiger charge is 2.20. The van der Waals surface area contributed by atoms with Gasteiger partial charge in [0.1, 0.15) is 0 Å². The van der Waals surface area contributed by atoms with Crippen LogP contribution >= 0.6 is 15.9 Å². The standard InChI is InChI=1S/C15H18BrN3/c16-9-8-14-11-19(18-17-14)10-13-6-3-5-12-4-1-2-7-15(12)13/h1-2,4,7,11,13H,3,5-6,8-10H2. The van der Waals surface area contributed by atoms with Gasteiger partial charge in [0, 0.05) is 30.4 Å². The van der Waals surface area contributed by atoms with Crippen molar-refractivity contribution in [3.63, 3.8) is 0 Å². The molecule has 2 aromatic rings. The normalized spacial score (nSPS) is 18.3. The van der Waals surface area contributed by atoms with E-state index in [1.165, 1.54) is 30.4 Å². The van der Waals surface area contributed by atoms with Crippen LogP contribution in [0.2, 0.25) is 0 Å². The van der Waals surface area contributed by atoms with Crippen molar-refractivity contribution >= 4 is 15.9 Å². The first-order valence-corrected chi connectivity index (χ1v) is 8.02. The quantitative estimate of drug-likeness (QED) is 0.809. The van der Waals surface area contributed by atoms with Gasteiger partial charge in [0.05, 0.1) is 5.69 Å². The Morgan fingerprint density at radius 1 is 1.32 bits per heavy atom. The summed E-state index contributed by atoms with van der Waals surface area (Å²) in [6, 6.07) is 8.83. The Morgan fingerprint density at radius 3 is 3.11 bits per heavy atom. The van der Waals surface area contributed by atoms with Crippen LogP contribution in [0, 0.1) is 0 Å². The van der Waals surface area contributed by atoms with E-state index in [4.69, 9.17) is 0 Å². The van der Waals surface area contributed by atoms with Crippen LogP contribution in [-0.4, -0.2) is 20.3 Å². The molecule has 0 radical (unpaired) electrons. The van der Waals surface area contributed by atoms with Crippen molar-refractivity contribution in [1.29, 1.82) is 0 Å². The Bertz CT molecular complexity index is 550. The number of rotatable bonds is 4. The van der Waals surface area contributed by atoms with Gasteiger partial charge in [-0.3, -0.25) is 4.68 Å². The van der Waals surface area contributed by atoms with Crippen LogP contribution in [0.25, 0.3) is 0 Å². The molecule has 3 nitrogen and oxygen atoms in total.